The zero-order valence-electron chi connectivity index (χ0n) is 20.4. The lowest BCUT2D eigenvalue weighted by atomic mass is 10.1. The van der Waals surface area contributed by atoms with E-state index in [0.29, 0.717) is 25.4 Å². The van der Waals surface area contributed by atoms with Crippen molar-refractivity contribution in [3.63, 3.8) is 0 Å². The van der Waals surface area contributed by atoms with E-state index < -0.39 is 17.2 Å². The van der Waals surface area contributed by atoms with E-state index in [2.05, 4.69) is 33.6 Å². The van der Waals surface area contributed by atoms with E-state index in [9.17, 15) is 13.6 Å². The maximum atomic E-state index is 13.7. The van der Waals surface area contributed by atoms with Gasteiger partial charge in [-0.05, 0) is 37.0 Å². The average Bonchev–Trinajstić information content (AvgIpc) is 2.86. The Hall–Kier alpha value is -3.36. The van der Waals surface area contributed by atoms with Gasteiger partial charge >= 0.3 is 0 Å². The fraction of sp³-hybridized carbons (Fsp3) is 0.357. The van der Waals surface area contributed by atoms with Gasteiger partial charge in [-0.3, -0.25) is 9.69 Å². The molecular formula is C28H32F2N4O2. The molecule has 2 heterocycles. The van der Waals surface area contributed by atoms with Gasteiger partial charge in [0.1, 0.15) is 11.6 Å². The van der Waals surface area contributed by atoms with Crippen molar-refractivity contribution in [1.29, 1.82) is 0 Å². The highest BCUT2D eigenvalue weighted by Gasteiger charge is 2.28. The maximum absolute atomic E-state index is 13.7. The second-order valence-corrected chi connectivity index (χ2v) is 9.02. The number of anilines is 1. The van der Waals surface area contributed by atoms with Crippen LogP contribution in [-0.2, 0) is 11.3 Å². The molecule has 4 rings (SSSR count). The molecule has 0 spiro atoms. The molecule has 36 heavy (non-hydrogen) atoms. The van der Waals surface area contributed by atoms with E-state index in [1.807, 2.05) is 24.3 Å². The lowest BCUT2D eigenvalue weighted by Gasteiger charge is -2.42. The molecule has 0 saturated carbocycles. The van der Waals surface area contributed by atoms with Crippen LogP contribution in [0.4, 0.5) is 14.5 Å². The van der Waals surface area contributed by atoms with Gasteiger partial charge in [0.15, 0.2) is 0 Å². The molecular weight excluding hydrogens is 462 g/mol. The first-order chi connectivity index (χ1) is 17.5. The normalized spacial score (nSPS) is 16.3. The minimum absolute atomic E-state index is 0.0329. The number of allylic oxidation sites excluding steroid dienone is 1. The number of nitrogens with zero attached hydrogens (tertiary/aromatic N) is 4. The van der Waals surface area contributed by atoms with Crippen molar-refractivity contribution in [2.45, 2.75) is 31.8 Å². The van der Waals surface area contributed by atoms with E-state index in [-0.39, 0.29) is 11.7 Å². The van der Waals surface area contributed by atoms with Crippen LogP contribution in [0.3, 0.4) is 0 Å². The van der Waals surface area contributed by atoms with Crippen LogP contribution in [0.2, 0.25) is 0 Å². The number of hydrogen-bond donors (Lipinski definition) is 0. The van der Waals surface area contributed by atoms with Crippen molar-refractivity contribution in [2.75, 3.05) is 37.7 Å². The molecule has 0 aliphatic carbocycles. The summed E-state index contributed by atoms with van der Waals surface area (Å²) in [5.41, 5.74) is 1.53. The van der Waals surface area contributed by atoms with Crippen LogP contribution in [0, 0.1) is 11.6 Å². The summed E-state index contributed by atoms with van der Waals surface area (Å²) in [5, 5.41) is 4.22. The smallest absolute Gasteiger partial charge is 0.273 e. The molecule has 1 aromatic heterocycles. The number of ether oxygens (including phenoxy) is 1. The van der Waals surface area contributed by atoms with Crippen molar-refractivity contribution >= 4 is 5.69 Å². The predicted molar refractivity (Wildman–Crippen MR) is 137 cm³/mol. The van der Waals surface area contributed by atoms with Gasteiger partial charge < -0.3 is 9.64 Å². The number of rotatable bonds is 11. The summed E-state index contributed by atoms with van der Waals surface area (Å²) in [4.78, 5) is 17.4. The molecule has 2 aromatic carbocycles. The number of benzene rings is 2. The fourth-order valence-corrected chi connectivity index (χ4v) is 4.51. The largest absolute Gasteiger partial charge is 0.379 e. The minimum atomic E-state index is -0.761. The Morgan fingerprint density at radius 1 is 1.03 bits per heavy atom. The zero-order chi connectivity index (χ0) is 25.3. The van der Waals surface area contributed by atoms with Gasteiger partial charge in [-0.25, -0.2) is 8.78 Å². The molecule has 0 N–H and O–H groups in total. The Bertz CT molecular complexity index is 1180. The molecule has 8 heteroatoms. The Balaban J connectivity index is 1.49. The fourth-order valence-electron chi connectivity index (χ4n) is 4.51. The van der Waals surface area contributed by atoms with Gasteiger partial charge in [0, 0.05) is 44.9 Å². The van der Waals surface area contributed by atoms with Crippen molar-refractivity contribution in [3.05, 3.63) is 101 Å². The number of aromatic nitrogens is 2. The Morgan fingerprint density at radius 3 is 2.53 bits per heavy atom. The summed E-state index contributed by atoms with van der Waals surface area (Å²) in [6.45, 7) is 8.10. The molecule has 1 fully saturated rings. The quantitative estimate of drug-likeness (QED) is 0.289. The van der Waals surface area contributed by atoms with E-state index in [1.54, 1.807) is 6.20 Å². The Labute approximate surface area is 210 Å². The third kappa shape index (κ3) is 6.86. The number of hydrogen-bond acceptors (Lipinski definition) is 5. The topological polar surface area (TPSA) is 50.6 Å². The molecule has 6 nitrogen and oxygen atoms in total. The average molecular weight is 495 g/mol. The van der Waals surface area contributed by atoms with E-state index >= 15 is 0 Å². The second kappa shape index (κ2) is 12.6. The molecule has 1 atom stereocenters. The SMILES string of the molecule is C=CCCCCOCC1CN(Cc2ccccc2)CCN1c1cnn(-c2cc(F)cc(F)c2)c(=O)c1. The maximum Gasteiger partial charge on any atom is 0.273 e. The highest BCUT2D eigenvalue weighted by molar-refractivity contribution is 5.46. The molecule has 1 saturated heterocycles. The third-order valence-corrected chi connectivity index (χ3v) is 6.28. The second-order valence-electron chi connectivity index (χ2n) is 9.02. The Kier molecular flexibility index (Phi) is 8.97. The zero-order valence-corrected chi connectivity index (χ0v) is 20.4. The highest BCUT2D eigenvalue weighted by Crippen LogP contribution is 2.21. The van der Waals surface area contributed by atoms with Crippen molar-refractivity contribution in [1.82, 2.24) is 14.7 Å². The van der Waals surface area contributed by atoms with E-state index in [1.165, 1.54) is 11.6 Å². The van der Waals surface area contributed by atoms with Gasteiger partial charge in [-0.2, -0.15) is 9.78 Å². The van der Waals surface area contributed by atoms with Gasteiger partial charge in [0.25, 0.3) is 5.56 Å². The Morgan fingerprint density at radius 2 is 1.81 bits per heavy atom. The molecule has 0 radical (unpaired) electrons. The first-order valence-electron chi connectivity index (χ1n) is 12.3. The first kappa shape index (κ1) is 25.7. The van der Waals surface area contributed by atoms with Crippen LogP contribution in [0.15, 0.2) is 78.2 Å². The summed E-state index contributed by atoms with van der Waals surface area (Å²) in [6.07, 6.45) is 6.47. The van der Waals surface area contributed by atoms with Crippen LogP contribution in [0.1, 0.15) is 24.8 Å². The molecule has 1 aliphatic heterocycles. The molecule has 1 aliphatic rings. The number of piperazine rings is 1. The lowest BCUT2D eigenvalue weighted by molar-refractivity contribution is 0.0895. The summed E-state index contributed by atoms with van der Waals surface area (Å²) in [5.74, 6) is -1.52. The van der Waals surface area contributed by atoms with Gasteiger partial charge in [0.05, 0.1) is 30.2 Å². The monoisotopic (exact) mass is 494 g/mol. The van der Waals surface area contributed by atoms with Gasteiger partial charge in [-0.15, -0.1) is 6.58 Å². The van der Waals surface area contributed by atoms with Gasteiger partial charge in [-0.1, -0.05) is 36.4 Å². The lowest BCUT2D eigenvalue weighted by Crippen LogP contribution is -2.55. The van der Waals surface area contributed by atoms with Crippen LogP contribution >= 0.6 is 0 Å². The van der Waals surface area contributed by atoms with Crippen LogP contribution < -0.4 is 10.5 Å². The number of halogens is 2. The van der Waals surface area contributed by atoms with Crippen molar-refractivity contribution in [3.8, 4) is 5.69 Å². The molecule has 190 valence electrons. The van der Waals surface area contributed by atoms with Crippen LogP contribution in [0.25, 0.3) is 5.69 Å². The summed E-state index contributed by atoms with van der Waals surface area (Å²) >= 11 is 0. The molecule has 0 bridgehead atoms. The summed E-state index contributed by atoms with van der Waals surface area (Å²) in [6, 6.07) is 14.8. The van der Waals surface area contributed by atoms with Gasteiger partial charge in [0.2, 0.25) is 0 Å². The highest BCUT2D eigenvalue weighted by atomic mass is 19.1. The third-order valence-electron chi connectivity index (χ3n) is 6.28. The molecule has 1 unspecified atom stereocenters. The van der Waals surface area contributed by atoms with Crippen molar-refractivity contribution < 1.29 is 13.5 Å². The summed E-state index contributed by atoms with van der Waals surface area (Å²) < 4.78 is 34.4. The van der Waals surface area contributed by atoms with Crippen LogP contribution in [0.5, 0.6) is 0 Å². The van der Waals surface area contributed by atoms with E-state index in [4.69, 9.17) is 4.74 Å². The molecule has 3 aromatic rings. The number of unbranched alkanes of at least 4 members (excludes halogenated alkanes) is 2. The van der Waals surface area contributed by atoms with Crippen molar-refractivity contribution in [2.24, 2.45) is 0 Å². The predicted octanol–water partition coefficient (Wildman–Crippen LogP) is 4.57. The summed E-state index contributed by atoms with van der Waals surface area (Å²) in [7, 11) is 0. The molecule has 0 amide bonds. The standard InChI is InChI=1S/C28H32F2N4O2/c1-2-3-4-8-13-36-21-27-20-32(19-22-9-6-5-7-10-22)11-12-33(27)26-17-28(35)34(31-18-26)25-15-23(29)14-24(30)16-25/h2,5-7,9-10,14-18,27H,1,3-4,8,11-13,19-21H2. The van der Waals surface area contributed by atoms with Crippen LogP contribution in [-0.4, -0.2) is 53.6 Å². The first-order valence-corrected chi connectivity index (χ1v) is 12.3. The minimum Gasteiger partial charge on any atom is -0.379 e. The van der Waals surface area contributed by atoms with E-state index in [0.717, 1.165) is 61.8 Å².